The molecule has 1 spiro atoms. The van der Waals surface area contributed by atoms with Gasteiger partial charge in [-0.3, -0.25) is 4.79 Å². The van der Waals surface area contributed by atoms with Gasteiger partial charge in [0.05, 0.1) is 11.0 Å². The predicted octanol–water partition coefficient (Wildman–Crippen LogP) is 2.52. The zero-order valence-electron chi connectivity index (χ0n) is 19.6. The first-order valence-electron chi connectivity index (χ1n) is 11.8. The van der Waals surface area contributed by atoms with Crippen LogP contribution >= 0.6 is 0 Å². The third-order valence-corrected chi connectivity index (χ3v) is 8.17. The number of aromatic hydroxyl groups is 1. The molecular weight excluding hydrogens is 450 g/mol. The smallest absolute Gasteiger partial charge is 0.357 e. The highest BCUT2D eigenvalue weighted by molar-refractivity contribution is 5.81. The Morgan fingerprint density at radius 2 is 1.97 bits per heavy atom. The van der Waals surface area contributed by atoms with Crippen LogP contribution in [0.3, 0.4) is 0 Å². The Hall–Kier alpha value is -3.36. The SMILES string of the molecule is CC(=O)O[C@H](C(=O)OC1=CC[C@]2(O)[C@@H]3Cc4ccc(O)c5c4[C@]2(CCN3C)[C@@H]1O5)c1ccccc1. The number of likely N-dealkylation sites (N-methyl/N-ethyl adjacent to an activating group) is 1. The molecule has 35 heavy (non-hydrogen) atoms. The van der Waals surface area contributed by atoms with Gasteiger partial charge in [0.2, 0.25) is 6.10 Å². The van der Waals surface area contributed by atoms with Crippen molar-refractivity contribution in [2.24, 2.45) is 0 Å². The third-order valence-electron chi connectivity index (χ3n) is 8.17. The highest BCUT2D eigenvalue weighted by atomic mass is 16.6. The molecule has 8 heteroatoms. The first-order chi connectivity index (χ1) is 16.8. The van der Waals surface area contributed by atoms with Gasteiger partial charge >= 0.3 is 11.9 Å². The summed E-state index contributed by atoms with van der Waals surface area (Å²) in [6.07, 6.45) is 1.15. The molecule has 2 aliphatic heterocycles. The number of nitrogens with zero attached hydrogens (tertiary/aromatic N) is 1. The molecule has 6 rings (SSSR count). The number of piperidine rings is 1. The lowest BCUT2D eigenvalue weighted by Gasteiger charge is -2.61. The number of rotatable bonds is 4. The number of aliphatic hydroxyl groups is 1. The Kier molecular flexibility index (Phi) is 4.78. The molecule has 2 bridgehead atoms. The van der Waals surface area contributed by atoms with Crippen LogP contribution in [-0.2, 0) is 30.9 Å². The number of hydrogen-bond donors (Lipinski definition) is 2. The number of benzene rings is 2. The van der Waals surface area contributed by atoms with E-state index < -0.39 is 35.2 Å². The minimum atomic E-state index is -1.24. The van der Waals surface area contributed by atoms with Gasteiger partial charge in [-0.1, -0.05) is 36.4 Å². The fourth-order valence-electron chi connectivity index (χ4n) is 6.65. The summed E-state index contributed by atoms with van der Waals surface area (Å²) >= 11 is 0. The third kappa shape index (κ3) is 2.93. The first kappa shape index (κ1) is 22.1. The van der Waals surface area contributed by atoms with Gasteiger partial charge in [0.15, 0.2) is 17.6 Å². The van der Waals surface area contributed by atoms with Crippen LogP contribution < -0.4 is 4.74 Å². The zero-order valence-corrected chi connectivity index (χ0v) is 19.6. The van der Waals surface area contributed by atoms with E-state index in [0.29, 0.717) is 24.2 Å². The molecule has 4 aliphatic rings. The van der Waals surface area contributed by atoms with E-state index in [1.807, 2.05) is 13.1 Å². The minimum Gasteiger partial charge on any atom is -0.504 e. The van der Waals surface area contributed by atoms with Gasteiger partial charge in [0.1, 0.15) is 5.76 Å². The van der Waals surface area contributed by atoms with E-state index in [-0.39, 0.29) is 24.0 Å². The van der Waals surface area contributed by atoms with Gasteiger partial charge in [0.25, 0.3) is 0 Å². The summed E-state index contributed by atoms with van der Waals surface area (Å²) in [6, 6.07) is 12.0. The number of hydrogen-bond acceptors (Lipinski definition) is 8. The molecule has 0 saturated carbocycles. The van der Waals surface area contributed by atoms with E-state index in [2.05, 4.69) is 4.90 Å². The number of likely N-dealkylation sites (tertiary alicyclic amines) is 1. The maximum atomic E-state index is 13.3. The lowest BCUT2D eigenvalue weighted by Crippen LogP contribution is -2.74. The van der Waals surface area contributed by atoms with Crippen molar-refractivity contribution in [3.63, 3.8) is 0 Å². The monoisotopic (exact) mass is 477 g/mol. The van der Waals surface area contributed by atoms with Gasteiger partial charge < -0.3 is 29.3 Å². The van der Waals surface area contributed by atoms with Crippen LogP contribution in [0.15, 0.2) is 54.3 Å². The van der Waals surface area contributed by atoms with Gasteiger partial charge in [-0.15, -0.1) is 0 Å². The molecule has 0 unspecified atom stereocenters. The molecule has 2 aromatic rings. The second-order valence-electron chi connectivity index (χ2n) is 9.92. The van der Waals surface area contributed by atoms with Gasteiger partial charge in [-0.25, -0.2) is 4.79 Å². The number of phenolic OH excluding ortho intramolecular Hbond substituents is 1. The van der Waals surface area contributed by atoms with Crippen LogP contribution in [0.1, 0.15) is 42.6 Å². The number of carbonyl (C=O) groups excluding carboxylic acids is 2. The fourth-order valence-corrected chi connectivity index (χ4v) is 6.65. The molecule has 2 aliphatic carbocycles. The first-order valence-corrected chi connectivity index (χ1v) is 11.8. The molecule has 2 N–H and O–H groups in total. The lowest BCUT2D eigenvalue weighted by molar-refractivity contribution is -0.176. The highest BCUT2D eigenvalue weighted by Gasteiger charge is 2.72. The van der Waals surface area contributed by atoms with E-state index in [4.69, 9.17) is 14.2 Å². The maximum absolute atomic E-state index is 13.3. The molecule has 8 nitrogen and oxygen atoms in total. The average molecular weight is 478 g/mol. The van der Waals surface area contributed by atoms with Gasteiger partial charge in [-0.2, -0.15) is 0 Å². The maximum Gasteiger partial charge on any atom is 0.357 e. The Morgan fingerprint density at radius 3 is 2.71 bits per heavy atom. The van der Waals surface area contributed by atoms with E-state index in [1.54, 1.807) is 42.5 Å². The largest absolute Gasteiger partial charge is 0.504 e. The normalized spacial score (nSPS) is 31.0. The number of phenols is 1. The Balaban J connectivity index is 1.41. The Labute approximate surface area is 202 Å². The van der Waals surface area contributed by atoms with Gasteiger partial charge in [-0.05, 0) is 44.1 Å². The zero-order chi connectivity index (χ0) is 24.5. The number of ether oxygens (including phenoxy) is 3. The fraction of sp³-hybridized carbons (Fsp3) is 0.407. The molecular formula is C27H27NO7. The topological polar surface area (TPSA) is 106 Å². The van der Waals surface area contributed by atoms with Crippen molar-refractivity contribution in [2.45, 2.75) is 55.5 Å². The van der Waals surface area contributed by atoms with Gasteiger partial charge in [0, 0.05) is 30.5 Å². The second kappa shape index (κ2) is 7.57. The van der Waals surface area contributed by atoms with Crippen molar-refractivity contribution >= 4 is 11.9 Å². The van der Waals surface area contributed by atoms with Crippen LogP contribution in [0.5, 0.6) is 11.5 Å². The van der Waals surface area contributed by atoms with Crippen LogP contribution in [0.25, 0.3) is 0 Å². The quantitative estimate of drug-likeness (QED) is 0.648. The van der Waals surface area contributed by atoms with Crippen molar-refractivity contribution in [3.05, 3.63) is 71.0 Å². The van der Waals surface area contributed by atoms with Crippen molar-refractivity contribution < 1.29 is 34.0 Å². The standard InChI is InChI=1S/C27H27NO7/c1-15(29)33-22(16-6-4-3-5-7-16)25(31)34-19-10-11-27(32)20-14-17-8-9-18(30)23-21(17)26(27,24(19)35-23)12-13-28(20)2/h3-10,20,22,24,30,32H,11-14H2,1-2H3/t20-,22-,24+,26+,27-/m0/s1. The van der Waals surface area contributed by atoms with Crippen molar-refractivity contribution in [1.29, 1.82) is 0 Å². The molecule has 1 saturated heterocycles. The highest BCUT2D eigenvalue weighted by Crippen LogP contribution is 2.65. The molecule has 0 amide bonds. The van der Waals surface area contributed by atoms with E-state index in [1.165, 1.54) is 6.92 Å². The summed E-state index contributed by atoms with van der Waals surface area (Å²) in [6.45, 7) is 1.96. The molecule has 0 radical (unpaired) electrons. The summed E-state index contributed by atoms with van der Waals surface area (Å²) < 4.78 is 17.5. The summed E-state index contributed by atoms with van der Waals surface area (Å²) in [7, 11) is 2.01. The van der Waals surface area contributed by atoms with Crippen LogP contribution in [0.4, 0.5) is 0 Å². The van der Waals surface area contributed by atoms with Crippen LogP contribution in [0.2, 0.25) is 0 Å². The summed E-state index contributed by atoms with van der Waals surface area (Å²) in [5, 5.41) is 22.8. The molecule has 2 aromatic carbocycles. The van der Waals surface area contributed by atoms with Crippen molar-refractivity contribution in [1.82, 2.24) is 4.90 Å². The van der Waals surface area contributed by atoms with Crippen molar-refractivity contribution in [2.75, 3.05) is 13.6 Å². The summed E-state index contributed by atoms with van der Waals surface area (Å²) in [4.78, 5) is 27.3. The molecule has 2 heterocycles. The number of carbonyl (C=O) groups is 2. The van der Waals surface area contributed by atoms with E-state index in [9.17, 15) is 19.8 Å². The summed E-state index contributed by atoms with van der Waals surface area (Å²) in [5.74, 6) is -0.744. The average Bonchev–Trinajstić information content (AvgIpc) is 3.20. The van der Waals surface area contributed by atoms with Crippen molar-refractivity contribution in [3.8, 4) is 11.5 Å². The summed E-state index contributed by atoms with van der Waals surface area (Å²) in [5.41, 5.74) is 0.319. The van der Waals surface area contributed by atoms with Crippen LogP contribution in [0, 0.1) is 0 Å². The molecule has 0 aromatic heterocycles. The second-order valence-corrected chi connectivity index (χ2v) is 9.92. The minimum absolute atomic E-state index is 0.00000434. The lowest BCUT2D eigenvalue weighted by atomic mass is 9.50. The Bertz CT molecular complexity index is 1260. The number of esters is 2. The Morgan fingerprint density at radius 1 is 1.20 bits per heavy atom. The molecule has 5 atom stereocenters. The molecule has 1 fully saturated rings. The predicted molar refractivity (Wildman–Crippen MR) is 124 cm³/mol. The van der Waals surface area contributed by atoms with Crippen LogP contribution in [-0.4, -0.2) is 58.4 Å². The van der Waals surface area contributed by atoms with E-state index >= 15 is 0 Å². The molecule has 182 valence electrons. The van der Waals surface area contributed by atoms with E-state index in [0.717, 1.165) is 17.7 Å².